The topological polar surface area (TPSA) is 53.1 Å². The lowest BCUT2D eigenvalue weighted by Gasteiger charge is -2.25. The highest BCUT2D eigenvalue weighted by molar-refractivity contribution is 5.86. The molecule has 0 spiro atoms. The fourth-order valence-corrected chi connectivity index (χ4v) is 2.02. The van der Waals surface area contributed by atoms with Crippen LogP contribution in [0.25, 0.3) is 0 Å². The van der Waals surface area contributed by atoms with Crippen LogP contribution in [0.4, 0.5) is 5.69 Å². The lowest BCUT2D eigenvalue weighted by Crippen LogP contribution is -2.39. The Labute approximate surface area is 84.0 Å². The van der Waals surface area contributed by atoms with Gasteiger partial charge in [-0.1, -0.05) is 18.2 Å². The van der Waals surface area contributed by atoms with Gasteiger partial charge in [0.05, 0.1) is 6.04 Å². The zero-order valence-electron chi connectivity index (χ0n) is 8.11. The smallest absolute Gasteiger partial charge is 0.114 e. The van der Waals surface area contributed by atoms with Gasteiger partial charge in [-0.05, 0) is 25.0 Å². The van der Waals surface area contributed by atoms with Crippen LogP contribution >= 0.6 is 0 Å². The molecule has 1 heterocycles. The van der Waals surface area contributed by atoms with Gasteiger partial charge in [0.1, 0.15) is 5.84 Å². The molecule has 1 aliphatic heterocycles. The zero-order valence-corrected chi connectivity index (χ0v) is 8.11. The molecule has 1 aliphatic rings. The summed E-state index contributed by atoms with van der Waals surface area (Å²) >= 11 is 0. The maximum Gasteiger partial charge on any atom is 0.114 e. The van der Waals surface area contributed by atoms with Crippen molar-refractivity contribution < 1.29 is 0 Å². The average molecular weight is 189 g/mol. The van der Waals surface area contributed by atoms with Gasteiger partial charge < -0.3 is 10.6 Å². The van der Waals surface area contributed by atoms with Gasteiger partial charge in [0.15, 0.2) is 0 Å². The second-order valence-electron chi connectivity index (χ2n) is 3.64. The third-order valence-electron chi connectivity index (χ3n) is 2.70. The van der Waals surface area contributed by atoms with Crippen molar-refractivity contribution in [1.29, 1.82) is 5.41 Å². The van der Waals surface area contributed by atoms with Crippen LogP contribution in [0.5, 0.6) is 0 Å². The van der Waals surface area contributed by atoms with Crippen molar-refractivity contribution in [3.63, 3.8) is 0 Å². The van der Waals surface area contributed by atoms with Crippen LogP contribution in [-0.4, -0.2) is 18.4 Å². The predicted molar refractivity (Wildman–Crippen MR) is 58.7 cm³/mol. The molecule has 74 valence electrons. The number of nitrogens with two attached hydrogens (primary N) is 1. The third-order valence-corrected chi connectivity index (χ3v) is 2.70. The monoisotopic (exact) mass is 189 g/mol. The molecule has 3 N–H and O–H groups in total. The SMILES string of the molecule is N=C(N)[C@@H]1CCCN1c1ccccc1. The van der Waals surface area contributed by atoms with Gasteiger partial charge >= 0.3 is 0 Å². The molecule has 2 rings (SSSR count). The summed E-state index contributed by atoms with van der Waals surface area (Å²) in [5, 5.41) is 7.51. The summed E-state index contributed by atoms with van der Waals surface area (Å²) in [6.07, 6.45) is 2.13. The third kappa shape index (κ3) is 1.58. The predicted octanol–water partition coefficient (Wildman–Crippen LogP) is 1.59. The maximum absolute atomic E-state index is 7.51. The first kappa shape index (κ1) is 9.06. The highest BCUT2D eigenvalue weighted by atomic mass is 15.2. The number of rotatable bonds is 2. The van der Waals surface area contributed by atoms with Gasteiger partial charge in [-0.25, -0.2) is 0 Å². The first-order valence-electron chi connectivity index (χ1n) is 4.94. The molecule has 14 heavy (non-hydrogen) atoms. The van der Waals surface area contributed by atoms with E-state index in [0.29, 0.717) is 0 Å². The second kappa shape index (κ2) is 3.70. The normalized spacial score (nSPS) is 21.1. The summed E-state index contributed by atoms with van der Waals surface area (Å²) in [5.74, 6) is 0.284. The highest BCUT2D eigenvalue weighted by Crippen LogP contribution is 2.24. The summed E-state index contributed by atoms with van der Waals surface area (Å²) in [7, 11) is 0. The molecule has 0 unspecified atom stereocenters. The van der Waals surface area contributed by atoms with Crippen LogP contribution < -0.4 is 10.6 Å². The van der Waals surface area contributed by atoms with Gasteiger partial charge in [0, 0.05) is 12.2 Å². The molecule has 0 radical (unpaired) electrons. The number of amidine groups is 1. The lowest BCUT2D eigenvalue weighted by molar-refractivity contribution is 0.830. The molecule has 0 aromatic heterocycles. The molecular weight excluding hydrogens is 174 g/mol. The summed E-state index contributed by atoms with van der Waals surface area (Å²) in [4.78, 5) is 2.21. The number of nitrogens with one attached hydrogen (secondary N) is 1. The Balaban J connectivity index is 2.22. The Morgan fingerprint density at radius 3 is 2.71 bits per heavy atom. The summed E-state index contributed by atoms with van der Waals surface area (Å²) in [5.41, 5.74) is 6.74. The summed E-state index contributed by atoms with van der Waals surface area (Å²) in [6.45, 7) is 1.01. The van der Waals surface area contributed by atoms with Crippen molar-refractivity contribution in [2.45, 2.75) is 18.9 Å². The summed E-state index contributed by atoms with van der Waals surface area (Å²) in [6, 6.07) is 10.3. The van der Waals surface area contributed by atoms with Crippen LogP contribution in [0.2, 0.25) is 0 Å². The van der Waals surface area contributed by atoms with E-state index in [1.54, 1.807) is 0 Å². The fourth-order valence-electron chi connectivity index (χ4n) is 2.02. The number of benzene rings is 1. The van der Waals surface area contributed by atoms with Crippen LogP contribution in [-0.2, 0) is 0 Å². The Bertz CT molecular complexity index is 321. The van der Waals surface area contributed by atoms with Crippen LogP contribution in [0, 0.1) is 5.41 Å². The molecular formula is C11H15N3. The van der Waals surface area contributed by atoms with Crippen molar-refractivity contribution >= 4 is 11.5 Å². The molecule has 0 bridgehead atoms. The van der Waals surface area contributed by atoms with E-state index in [1.807, 2.05) is 18.2 Å². The maximum atomic E-state index is 7.51. The van der Waals surface area contributed by atoms with Crippen molar-refractivity contribution in [3.05, 3.63) is 30.3 Å². The number of para-hydroxylation sites is 1. The van der Waals surface area contributed by atoms with Gasteiger partial charge in [-0.3, -0.25) is 5.41 Å². The average Bonchev–Trinajstić information content (AvgIpc) is 2.67. The van der Waals surface area contributed by atoms with E-state index in [-0.39, 0.29) is 11.9 Å². The van der Waals surface area contributed by atoms with E-state index in [2.05, 4.69) is 17.0 Å². The highest BCUT2D eigenvalue weighted by Gasteiger charge is 2.26. The largest absolute Gasteiger partial charge is 0.386 e. The minimum Gasteiger partial charge on any atom is -0.386 e. The van der Waals surface area contributed by atoms with Gasteiger partial charge in [-0.2, -0.15) is 0 Å². The quantitative estimate of drug-likeness (QED) is 0.548. The number of nitrogens with zero attached hydrogens (tertiary/aromatic N) is 1. The minimum absolute atomic E-state index is 0.109. The van der Waals surface area contributed by atoms with Crippen LogP contribution in [0.1, 0.15) is 12.8 Å². The molecule has 1 saturated heterocycles. The van der Waals surface area contributed by atoms with E-state index in [9.17, 15) is 0 Å². The van der Waals surface area contributed by atoms with Gasteiger partial charge in [0.25, 0.3) is 0 Å². The van der Waals surface area contributed by atoms with Crippen LogP contribution in [0.15, 0.2) is 30.3 Å². The molecule has 3 heteroatoms. The fraction of sp³-hybridized carbons (Fsp3) is 0.364. The lowest BCUT2D eigenvalue weighted by atomic mass is 10.2. The van der Waals surface area contributed by atoms with Gasteiger partial charge in [-0.15, -0.1) is 0 Å². The van der Waals surface area contributed by atoms with Gasteiger partial charge in [0.2, 0.25) is 0 Å². The first-order valence-corrected chi connectivity index (χ1v) is 4.94. The number of hydrogen-bond donors (Lipinski definition) is 2. The van der Waals surface area contributed by atoms with E-state index in [4.69, 9.17) is 11.1 Å². The van der Waals surface area contributed by atoms with Crippen molar-refractivity contribution in [3.8, 4) is 0 Å². The molecule has 3 nitrogen and oxygen atoms in total. The molecule has 1 fully saturated rings. The van der Waals surface area contributed by atoms with E-state index in [0.717, 1.165) is 19.4 Å². The number of hydrogen-bond acceptors (Lipinski definition) is 2. The zero-order chi connectivity index (χ0) is 9.97. The molecule has 1 atom stereocenters. The molecule has 0 aliphatic carbocycles. The Kier molecular flexibility index (Phi) is 2.39. The second-order valence-corrected chi connectivity index (χ2v) is 3.64. The van der Waals surface area contributed by atoms with Crippen LogP contribution in [0.3, 0.4) is 0 Å². The molecule has 0 amide bonds. The Morgan fingerprint density at radius 2 is 2.07 bits per heavy atom. The molecule has 1 aromatic carbocycles. The Morgan fingerprint density at radius 1 is 1.36 bits per heavy atom. The van der Waals surface area contributed by atoms with E-state index in [1.165, 1.54) is 5.69 Å². The standard InChI is InChI=1S/C11H15N3/c12-11(13)10-7-4-8-14(10)9-5-2-1-3-6-9/h1-3,5-6,10H,4,7-8H2,(H3,12,13)/t10-/m0/s1. The number of anilines is 1. The van der Waals surface area contributed by atoms with Crippen molar-refractivity contribution in [2.75, 3.05) is 11.4 Å². The Hall–Kier alpha value is -1.51. The molecule has 1 aromatic rings. The van der Waals surface area contributed by atoms with Crippen molar-refractivity contribution in [2.24, 2.45) is 5.73 Å². The minimum atomic E-state index is 0.109. The van der Waals surface area contributed by atoms with E-state index >= 15 is 0 Å². The van der Waals surface area contributed by atoms with Crippen molar-refractivity contribution in [1.82, 2.24) is 0 Å². The molecule has 0 saturated carbocycles. The first-order chi connectivity index (χ1) is 6.79. The summed E-state index contributed by atoms with van der Waals surface area (Å²) < 4.78 is 0. The van der Waals surface area contributed by atoms with E-state index < -0.39 is 0 Å².